The Morgan fingerprint density at radius 1 is 1.36 bits per heavy atom. The summed E-state index contributed by atoms with van der Waals surface area (Å²) in [4.78, 5) is 37.1. The zero-order valence-electron chi connectivity index (χ0n) is 13.2. The van der Waals surface area contributed by atoms with E-state index in [4.69, 9.17) is 9.47 Å². The summed E-state index contributed by atoms with van der Waals surface area (Å²) >= 11 is 0. The van der Waals surface area contributed by atoms with Crippen molar-refractivity contribution in [2.75, 3.05) is 0 Å². The van der Waals surface area contributed by atoms with Gasteiger partial charge in [0.2, 0.25) is 5.78 Å². The zero-order valence-corrected chi connectivity index (χ0v) is 13.2. The lowest BCUT2D eigenvalue weighted by Gasteiger charge is -2.49. The molecule has 2 heterocycles. The Morgan fingerprint density at radius 2 is 2.05 bits per heavy atom. The molecule has 2 saturated heterocycles. The van der Waals surface area contributed by atoms with Crippen LogP contribution in [0.1, 0.15) is 52.9 Å². The van der Waals surface area contributed by atoms with E-state index in [-0.39, 0.29) is 31.5 Å². The summed E-state index contributed by atoms with van der Waals surface area (Å²) in [6.45, 7) is 5.38. The smallest absolute Gasteiger partial charge is 0.312 e. The third kappa shape index (κ3) is 2.16. The molecular formula is C16H22O6. The van der Waals surface area contributed by atoms with E-state index >= 15 is 0 Å². The molecule has 2 aliphatic carbocycles. The van der Waals surface area contributed by atoms with Crippen molar-refractivity contribution in [3.8, 4) is 0 Å². The second-order valence-electron chi connectivity index (χ2n) is 7.62. The van der Waals surface area contributed by atoms with Crippen LogP contribution in [0.2, 0.25) is 0 Å². The van der Waals surface area contributed by atoms with E-state index in [1.165, 1.54) is 0 Å². The monoisotopic (exact) mass is 310 g/mol. The molecule has 4 bridgehead atoms. The van der Waals surface area contributed by atoms with E-state index in [0.717, 1.165) is 0 Å². The molecule has 2 aliphatic heterocycles. The minimum Gasteiger partial charge on any atom is -0.454 e. The van der Waals surface area contributed by atoms with Gasteiger partial charge in [-0.1, -0.05) is 6.92 Å². The normalized spacial score (nSPS) is 40.4. The van der Waals surface area contributed by atoms with Crippen LogP contribution in [-0.2, 0) is 23.9 Å². The highest BCUT2D eigenvalue weighted by atomic mass is 16.6. The van der Waals surface area contributed by atoms with Gasteiger partial charge in [0.1, 0.15) is 0 Å². The van der Waals surface area contributed by atoms with E-state index in [2.05, 4.69) is 0 Å². The molecule has 4 atom stereocenters. The van der Waals surface area contributed by atoms with E-state index < -0.39 is 40.6 Å². The van der Waals surface area contributed by atoms with Crippen LogP contribution in [0.15, 0.2) is 0 Å². The summed E-state index contributed by atoms with van der Waals surface area (Å²) in [7, 11) is 0. The summed E-state index contributed by atoms with van der Waals surface area (Å²) in [6.07, 6.45) is 0.124. The van der Waals surface area contributed by atoms with Gasteiger partial charge in [0.15, 0.2) is 11.7 Å². The summed E-state index contributed by atoms with van der Waals surface area (Å²) in [5, 5.41) is 10.7. The first-order valence-corrected chi connectivity index (χ1v) is 7.81. The van der Waals surface area contributed by atoms with Crippen LogP contribution < -0.4 is 0 Å². The molecule has 4 unspecified atom stereocenters. The van der Waals surface area contributed by atoms with Crippen molar-refractivity contribution in [1.29, 1.82) is 0 Å². The summed E-state index contributed by atoms with van der Waals surface area (Å²) in [6, 6.07) is 0. The number of hydrogen-bond donors (Lipinski definition) is 1. The topological polar surface area (TPSA) is 89.9 Å². The van der Waals surface area contributed by atoms with Gasteiger partial charge in [-0.15, -0.1) is 0 Å². The number of rotatable bonds is 3. The number of carbonyl (C=O) groups is 3. The molecule has 0 aromatic carbocycles. The van der Waals surface area contributed by atoms with Crippen LogP contribution in [0.5, 0.6) is 0 Å². The number of esters is 2. The van der Waals surface area contributed by atoms with E-state index in [1.807, 2.05) is 6.92 Å². The maximum absolute atomic E-state index is 12.7. The van der Waals surface area contributed by atoms with Gasteiger partial charge in [-0.05, 0) is 26.7 Å². The number of hydrogen-bond acceptors (Lipinski definition) is 6. The Labute approximate surface area is 129 Å². The Bertz CT molecular complexity index is 553. The summed E-state index contributed by atoms with van der Waals surface area (Å²) in [5.41, 5.74) is -3.31. The first-order chi connectivity index (χ1) is 10.1. The SMILES string of the molecule is CCC(C)(C)C(=O)OC12CC3CC(O)(CC(OC3=O)C1=O)C2. The van der Waals surface area contributed by atoms with Crippen LogP contribution in [-0.4, -0.2) is 40.1 Å². The fraction of sp³-hybridized carbons (Fsp3) is 0.812. The van der Waals surface area contributed by atoms with Gasteiger partial charge in [-0.25, -0.2) is 0 Å². The van der Waals surface area contributed by atoms with Gasteiger partial charge < -0.3 is 14.6 Å². The number of fused-ring (bicyclic) bond motifs is 1. The van der Waals surface area contributed by atoms with Crippen LogP contribution >= 0.6 is 0 Å². The Morgan fingerprint density at radius 3 is 2.68 bits per heavy atom. The van der Waals surface area contributed by atoms with Crippen molar-refractivity contribution in [1.82, 2.24) is 0 Å². The van der Waals surface area contributed by atoms with Gasteiger partial charge in [0.25, 0.3) is 0 Å². The average molecular weight is 310 g/mol. The van der Waals surface area contributed by atoms with Crippen molar-refractivity contribution in [3.05, 3.63) is 0 Å². The minimum atomic E-state index is -1.42. The Balaban J connectivity index is 1.97. The first kappa shape index (κ1) is 15.5. The molecule has 0 aromatic rings. The second kappa shape index (κ2) is 4.54. The van der Waals surface area contributed by atoms with Crippen LogP contribution in [0.3, 0.4) is 0 Å². The maximum Gasteiger partial charge on any atom is 0.312 e. The maximum atomic E-state index is 12.7. The van der Waals surface area contributed by atoms with Crippen molar-refractivity contribution >= 4 is 17.7 Å². The predicted octanol–water partition coefficient (Wildman–Crippen LogP) is 1.13. The molecule has 4 rings (SSSR count). The number of carbonyl (C=O) groups excluding carboxylic acids is 3. The van der Waals surface area contributed by atoms with Crippen LogP contribution in [0.25, 0.3) is 0 Å². The molecule has 4 aliphatic rings. The summed E-state index contributed by atoms with van der Waals surface area (Å²) < 4.78 is 10.8. The summed E-state index contributed by atoms with van der Waals surface area (Å²) in [5.74, 6) is -1.91. The van der Waals surface area contributed by atoms with Crippen molar-refractivity contribution in [2.24, 2.45) is 11.3 Å². The van der Waals surface area contributed by atoms with Gasteiger partial charge in [-0.3, -0.25) is 14.4 Å². The average Bonchev–Trinajstić information content (AvgIpc) is 2.55. The van der Waals surface area contributed by atoms with Crippen molar-refractivity contribution in [2.45, 2.75) is 70.2 Å². The Hall–Kier alpha value is -1.43. The third-order valence-electron chi connectivity index (χ3n) is 5.44. The molecule has 4 fully saturated rings. The van der Waals surface area contributed by atoms with Crippen molar-refractivity contribution < 1.29 is 29.0 Å². The third-order valence-corrected chi connectivity index (χ3v) is 5.44. The molecule has 22 heavy (non-hydrogen) atoms. The van der Waals surface area contributed by atoms with Gasteiger partial charge in [0, 0.05) is 19.3 Å². The van der Waals surface area contributed by atoms with Gasteiger partial charge in [-0.2, -0.15) is 0 Å². The van der Waals surface area contributed by atoms with Gasteiger partial charge >= 0.3 is 11.9 Å². The molecule has 1 N–H and O–H groups in total. The molecule has 0 spiro atoms. The molecule has 6 nitrogen and oxygen atoms in total. The Kier molecular flexibility index (Phi) is 3.19. The number of ether oxygens (including phenoxy) is 2. The lowest BCUT2D eigenvalue weighted by atomic mass is 9.62. The number of aliphatic hydroxyl groups is 1. The van der Waals surface area contributed by atoms with Crippen LogP contribution in [0.4, 0.5) is 0 Å². The fourth-order valence-corrected chi connectivity index (χ4v) is 3.77. The number of ketones is 1. The minimum absolute atomic E-state index is 0.0635. The van der Waals surface area contributed by atoms with E-state index in [1.54, 1.807) is 13.8 Å². The molecule has 6 heteroatoms. The molecule has 0 radical (unpaired) electrons. The lowest BCUT2D eigenvalue weighted by molar-refractivity contribution is -0.202. The number of Topliss-reactive ketones (excluding diaryl/α,β-unsaturated/α-hetero) is 1. The van der Waals surface area contributed by atoms with Crippen molar-refractivity contribution in [3.63, 3.8) is 0 Å². The predicted molar refractivity (Wildman–Crippen MR) is 74.7 cm³/mol. The highest BCUT2D eigenvalue weighted by Gasteiger charge is 2.65. The molecule has 0 amide bonds. The molecule has 122 valence electrons. The molecule has 2 saturated carbocycles. The highest BCUT2D eigenvalue weighted by Crippen LogP contribution is 2.52. The first-order valence-electron chi connectivity index (χ1n) is 7.81. The standard InChI is InChI=1S/C16H22O6/c1-4-14(2,3)13(19)22-16-6-9-5-15(20,8-16)7-10(11(16)17)21-12(9)18/h9-10,20H,4-8H2,1-3H3. The van der Waals surface area contributed by atoms with Crippen LogP contribution in [0, 0.1) is 11.3 Å². The quantitative estimate of drug-likeness (QED) is 0.786. The lowest BCUT2D eigenvalue weighted by Crippen LogP contribution is -2.62. The highest BCUT2D eigenvalue weighted by molar-refractivity contribution is 5.98. The second-order valence-corrected chi connectivity index (χ2v) is 7.62. The molecular weight excluding hydrogens is 288 g/mol. The molecule has 0 aromatic heterocycles. The fourth-order valence-electron chi connectivity index (χ4n) is 3.77. The zero-order chi connectivity index (χ0) is 16.3. The largest absolute Gasteiger partial charge is 0.454 e. The van der Waals surface area contributed by atoms with E-state index in [0.29, 0.717) is 6.42 Å². The van der Waals surface area contributed by atoms with Gasteiger partial charge in [0.05, 0.1) is 16.9 Å². The van der Waals surface area contributed by atoms with E-state index in [9.17, 15) is 19.5 Å².